The first kappa shape index (κ1) is 13.6. The quantitative estimate of drug-likeness (QED) is 0.871. The van der Waals surface area contributed by atoms with Crippen LogP contribution in [0.5, 0.6) is 11.5 Å². The number of phenolic OH excluding ortho intramolecular Hbond substituents is 1. The highest BCUT2D eigenvalue weighted by molar-refractivity contribution is 6.32. The van der Waals surface area contributed by atoms with Crippen LogP contribution in [0.15, 0.2) is 12.1 Å². The van der Waals surface area contributed by atoms with Gasteiger partial charge < -0.3 is 14.9 Å². The third-order valence-corrected chi connectivity index (χ3v) is 2.88. The molecule has 0 aliphatic heterocycles. The summed E-state index contributed by atoms with van der Waals surface area (Å²) in [5, 5.41) is 18.9. The number of aromatic hydroxyl groups is 1. The fourth-order valence-corrected chi connectivity index (χ4v) is 1.66. The molecular formula is C12H15ClO4. The van der Waals surface area contributed by atoms with Crippen LogP contribution >= 0.6 is 11.6 Å². The predicted octanol–water partition coefficient (Wildman–Crippen LogP) is 2.71. The summed E-state index contributed by atoms with van der Waals surface area (Å²) in [5.41, 5.74) is -0.324. The molecule has 4 nitrogen and oxygen atoms in total. The van der Waals surface area contributed by atoms with E-state index < -0.39 is 11.4 Å². The van der Waals surface area contributed by atoms with Gasteiger partial charge in [0.1, 0.15) is 0 Å². The van der Waals surface area contributed by atoms with E-state index in [9.17, 15) is 9.90 Å². The van der Waals surface area contributed by atoms with Crippen LogP contribution < -0.4 is 4.74 Å². The molecule has 0 radical (unpaired) electrons. The van der Waals surface area contributed by atoms with Gasteiger partial charge in [0.15, 0.2) is 11.5 Å². The molecule has 0 unspecified atom stereocenters. The van der Waals surface area contributed by atoms with Crippen molar-refractivity contribution in [3.05, 3.63) is 22.7 Å². The van der Waals surface area contributed by atoms with Crippen molar-refractivity contribution in [1.29, 1.82) is 0 Å². The number of hydrogen-bond acceptors (Lipinski definition) is 3. The number of ether oxygens (including phenoxy) is 1. The summed E-state index contributed by atoms with van der Waals surface area (Å²) >= 11 is 5.75. The average Bonchev–Trinajstić information content (AvgIpc) is 2.23. The van der Waals surface area contributed by atoms with Gasteiger partial charge in [-0.1, -0.05) is 17.7 Å². The van der Waals surface area contributed by atoms with Crippen LogP contribution in [0.1, 0.15) is 19.4 Å². The molecule has 1 aromatic rings. The Morgan fingerprint density at radius 2 is 2.06 bits per heavy atom. The molecular weight excluding hydrogens is 244 g/mol. The molecule has 0 atom stereocenters. The van der Waals surface area contributed by atoms with Gasteiger partial charge in [0.2, 0.25) is 0 Å². The maximum atomic E-state index is 11.0. The van der Waals surface area contributed by atoms with Crippen molar-refractivity contribution in [2.75, 3.05) is 7.11 Å². The van der Waals surface area contributed by atoms with Crippen molar-refractivity contribution in [2.45, 2.75) is 20.3 Å². The van der Waals surface area contributed by atoms with Crippen molar-refractivity contribution in [2.24, 2.45) is 5.41 Å². The van der Waals surface area contributed by atoms with Crippen LogP contribution in [-0.4, -0.2) is 23.3 Å². The SMILES string of the molecule is COc1c(CC(C)(C)C(=O)O)ccc(Cl)c1O. The minimum atomic E-state index is -0.937. The van der Waals surface area contributed by atoms with Gasteiger partial charge in [-0.3, -0.25) is 4.79 Å². The fraction of sp³-hybridized carbons (Fsp3) is 0.417. The lowest BCUT2D eigenvalue weighted by atomic mass is 9.85. The normalized spacial score (nSPS) is 11.3. The van der Waals surface area contributed by atoms with Crippen LogP contribution in [0.4, 0.5) is 0 Å². The number of phenols is 1. The molecule has 17 heavy (non-hydrogen) atoms. The Hall–Kier alpha value is -1.42. The lowest BCUT2D eigenvalue weighted by molar-refractivity contribution is -0.146. The van der Waals surface area contributed by atoms with E-state index in [0.29, 0.717) is 5.56 Å². The van der Waals surface area contributed by atoms with E-state index in [1.54, 1.807) is 19.9 Å². The number of benzene rings is 1. The Kier molecular flexibility index (Phi) is 3.88. The molecule has 0 aromatic heterocycles. The summed E-state index contributed by atoms with van der Waals surface area (Å²) in [7, 11) is 1.41. The Morgan fingerprint density at radius 1 is 1.47 bits per heavy atom. The summed E-state index contributed by atoms with van der Waals surface area (Å²) < 4.78 is 5.06. The molecule has 0 bridgehead atoms. The first-order valence-corrected chi connectivity index (χ1v) is 5.45. The fourth-order valence-electron chi connectivity index (χ4n) is 1.51. The van der Waals surface area contributed by atoms with Gasteiger partial charge in [0, 0.05) is 0 Å². The molecule has 0 aliphatic carbocycles. The second-order valence-corrected chi connectivity index (χ2v) is 4.86. The highest BCUT2D eigenvalue weighted by Crippen LogP contribution is 2.39. The lowest BCUT2D eigenvalue weighted by Gasteiger charge is -2.21. The van der Waals surface area contributed by atoms with E-state index in [1.807, 2.05) is 0 Å². The number of aliphatic carboxylic acids is 1. The number of carbonyl (C=O) groups is 1. The Balaban J connectivity index is 3.16. The molecule has 0 amide bonds. The molecule has 1 aromatic carbocycles. The topological polar surface area (TPSA) is 66.8 Å². The molecule has 94 valence electrons. The van der Waals surface area contributed by atoms with Gasteiger partial charge in [-0.05, 0) is 31.9 Å². The standard InChI is InChI=1S/C12H15ClO4/c1-12(2,11(15)16)6-7-4-5-8(13)9(14)10(7)17-3/h4-5,14H,6H2,1-3H3,(H,15,16). The van der Waals surface area contributed by atoms with E-state index in [2.05, 4.69) is 0 Å². The zero-order valence-corrected chi connectivity index (χ0v) is 10.7. The van der Waals surface area contributed by atoms with E-state index in [-0.39, 0.29) is 22.9 Å². The highest BCUT2D eigenvalue weighted by Gasteiger charge is 2.29. The van der Waals surface area contributed by atoms with Gasteiger partial charge in [-0.2, -0.15) is 0 Å². The van der Waals surface area contributed by atoms with Gasteiger partial charge in [0.05, 0.1) is 17.5 Å². The first-order valence-electron chi connectivity index (χ1n) is 5.07. The number of methoxy groups -OCH3 is 1. The first-order chi connectivity index (χ1) is 7.79. The van der Waals surface area contributed by atoms with E-state index in [4.69, 9.17) is 21.4 Å². The number of hydrogen-bond donors (Lipinski definition) is 2. The Morgan fingerprint density at radius 3 is 2.53 bits per heavy atom. The molecule has 0 fully saturated rings. The van der Waals surface area contributed by atoms with Crippen LogP contribution in [-0.2, 0) is 11.2 Å². The molecule has 0 spiro atoms. The Labute approximate surface area is 105 Å². The lowest BCUT2D eigenvalue weighted by Crippen LogP contribution is -2.26. The highest BCUT2D eigenvalue weighted by atomic mass is 35.5. The van der Waals surface area contributed by atoms with Crippen molar-refractivity contribution in [1.82, 2.24) is 0 Å². The maximum Gasteiger partial charge on any atom is 0.309 e. The number of carboxylic acids is 1. The van der Waals surface area contributed by atoms with Crippen LogP contribution in [0.25, 0.3) is 0 Å². The summed E-state index contributed by atoms with van der Waals surface area (Å²) in [4.78, 5) is 11.0. The van der Waals surface area contributed by atoms with E-state index in [0.717, 1.165) is 0 Å². The van der Waals surface area contributed by atoms with Crippen LogP contribution in [0.3, 0.4) is 0 Å². The van der Waals surface area contributed by atoms with Crippen molar-refractivity contribution in [3.63, 3.8) is 0 Å². The average molecular weight is 259 g/mol. The molecule has 1 rings (SSSR count). The van der Waals surface area contributed by atoms with E-state index >= 15 is 0 Å². The molecule has 0 heterocycles. The second-order valence-electron chi connectivity index (χ2n) is 4.45. The monoisotopic (exact) mass is 258 g/mol. The Bertz CT molecular complexity index is 440. The summed E-state index contributed by atoms with van der Waals surface area (Å²) in [6.07, 6.45) is 0.246. The van der Waals surface area contributed by atoms with Gasteiger partial charge >= 0.3 is 5.97 Å². The van der Waals surface area contributed by atoms with E-state index in [1.165, 1.54) is 13.2 Å². The number of carboxylic acid groups (broad SMARTS) is 1. The number of halogens is 1. The van der Waals surface area contributed by atoms with Gasteiger partial charge in [0.25, 0.3) is 0 Å². The predicted molar refractivity (Wildman–Crippen MR) is 64.8 cm³/mol. The van der Waals surface area contributed by atoms with Gasteiger partial charge in [-0.15, -0.1) is 0 Å². The zero-order chi connectivity index (χ0) is 13.2. The second kappa shape index (κ2) is 4.84. The molecule has 2 N–H and O–H groups in total. The summed E-state index contributed by atoms with van der Waals surface area (Å²) in [6, 6.07) is 3.18. The van der Waals surface area contributed by atoms with Gasteiger partial charge in [-0.25, -0.2) is 0 Å². The molecule has 0 saturated heterocycles. The largest absolute Gasteiger partial charge is 0.503 e. The van der Waals surface area contributed by atoms with Crippen molar-refractivity contribution in [3.8, 4) is 11.5 Å². The summed E-state index contributed by atoms with van der Waals surface area (Å²) in [5.74, 6) is -0.839. The third kappa shape index (κ3) is 2.82. The molecule has 0 saturated carbocycles. The third-order valence-electron chi connectivity index (χ3n) is 2.58. The smallest absolute Gasteiger partial charge is 0.309 e. The van der Waals surface area contributed by atoms with Crippen molar-refractivity contribution < 1.29 is 19.7 Å². The zero-order valence-electron chi connectivity index (χ0n) is 9.95. The minimum Gasteiger partial charge on any atom is -0.503 e. The molecule has 5 heteroatoms. The van der Waals surface area contributed by atoms with Crippen molar-refractivity contribution >= 4 is 17.6 Å². The van der Waals surface area contributed by atoms with Crippen LogP contribution in [0.2, 0.25) is 5.02 Å². The number of rotatable bonds is 4. The summed E-state index contributed by atoms with van der Waals surface area (Å²) in [6.45, 7) is 3.22. The molecule has 0 aliphatic rings. The minimum absolute atomic E-state index is 0.159. The van der Waals surface area contributed by atoms with Crippen LogP contribution in [0, 0.1) is 5.41 Å². The maximum absolute atomic E-state index is 11.0.